The Balaban J connectivity index is 1.61. The van der Waals surface area contributed by atoms with E-state index in [0.29, 0.717) is 23.1 Å². The number of thiazole rings is 1. The second-order valence-electron chi connectivity index (χ2n) is 5.22. The summed E-state index contributed by atoms with van der Waals surface area (Å²) in [7, 11) is 0. The molecule has 0 saturated carbocycles. The molecule has 22 heavy (non-hydrogen) atoms. The number of rotatable bonds is 5. The van der Waals surface area contributed by atoms with Crippen molar-refractivity contribution in [2.24, 2.45) is 0 Å². The molecule has 1 aromatic carbocycles. The van der Waals surface area contributed by atoms with E-state index in [2.05, 4.69) is 10.3 Å². The number of ether oxygens (including phenoxy) is 2. The van der Waals surface area contributed by atoms with Gasteiger partial charge in [0, 0.05) is 17.6 Å². The molecule has 3 rings (SSSR count). The van der Waals surface area contributed by atoms with E-state index in [0.717, 1.165) is 25.1 Å². The first kappa shape index (κ1) is 15.0. The van der Waals surface area contributed by atoms with E-state index in [4.69, 9.17) is 9.47 Å². The van der Waals surface area contributed by atoms with Crippen LogP contribution in [0.15, 0.2) is 29.6 Å². The second-order valence-corrected chi connectivity index (χ2v) is 6.08. The predicted octanol–water partition coefficient (Wildman–Crippen LogP) is 3.26. The molecule has 1 fully saturated rings. The number of carbonyl (C=O) groups excluding carboxylic acids is 1. The fourth-order valence-corrected chi connectivity index (χ4v) is 2.96. The molecule has 1 N–H and O–H groups in total. The van der Waals surface area contributed by atoms with Crippen LogP contribution < -0.4 is 10.1 Å². The number of benzene rings is 1. The third kappa shape index (κ3) is 3.84. The van der Waals surface area contributed by atoms with Gasteiger partial charge in [-0.1, -0.05) is 6.07 Å². The van der Waals surface area contributed by atoms with Crippen molar-refractivity contribution in [1.82, 2.24) is 4.98 Å². The molecule has 116 valence electrons. The first-order chi connectivity index (χ1) is 10.7. The number of aryl methyl sites for hydroxylation is 1. The SMILES string of the molecule is Cc1csc(NC(=O)c2cccc(OC[C@@H]3CCCO3)c2)n1. The zero-order valence-electron chi connectivity index (χ0n) is 12.4. The van der Waals surface area contributed by atoms with Crippen molar-refractivity contribution in [2.75, 3.05) is 18.5 Å². The highest BCUT2D eigenvalue weighted by atomic mass is 32.1. The molecule has 0 aliphatic carbocycles. The largest absolute Gasteiger partial charge is 0.491 e. The van der Waals surface area contributed by atoms with Crippen molar-refractivity contribution >= 4 is 22.4 Å². The van der Waals surface area contributed by atoms with Gasteiger partial charge < -0.3 is 9.47 Å². The van der Waals surface area contributed by atoms with Crippen LogP contribution in [-0.2, 0) is 4.74 Å². The lowest BCUT2D eigenvalue weighted by Crippen LogP contribution is -2.16. The van der Waals surface area contributed by atoms with E-state index >= 15 is 0 Å². The Hall–Kier alpha value is -1.92. The number of hydrogen-bond donors (Lipinski definition) is 1. The van der Waals surface area contributed by atoms with Gasteiger partial charge in [0.25, 0.3) is 5.91 Å². The Morgan fingerprint density at radius 3 is 3.18 bits per heavy atom. The normalized spacial score (nSPS) is 17.4. The lowest BCUT2D eigenvalue weighted by atomic mass is 10.2. The molecular weight excluding hydrogens is 300 g/mol. The molecule has 1 atom stereocenters. The predicted molar refractivity (Wildman–Crippen MR) is 85.7 cm³/mol. The maximum Gasteiger partial charge on any atom is 0.257 e. The summed E-state index contributed by atoms with van der Waals surface area (Å²) in [4.78, 5) is 16.4. The lowest BCUT2D eigenvalue weighted by molar-refractivity contribution is 0.0679. The number of nitrogens with one attached hydrogen (secondary N) is 1. The van der Waals surface area contributed by atoms with Crippen molar-refractivity contribution in [3.05, 3.63) is 40.9 Å². The molecule has 6 heteroatoms. The van der Waals surface area contributed by atoms with E-state index in [-0.39, 0.29) is 12.0 Å². The minimum Gasteiger partial charge on any atom is -0.491 e. The second kappa shape index (κ2) is 6.89. The standard InChI is InChI=1S/C16H18N2O3S/c1-11-10-22-16(17-11)18-15(19)12-4-2-5-13(8-12)21-9-14-6-3-7-20-14/h2,4-5,8,10,14H,3,6-7,9H2,1H3,(H,17,18,19)/t14-/m0/s1. The van der Waals surface area contributed by atoms with Gasteiger partial charge in [-0.3, -0.25) is 10.1 Å². The monoisotopic (exact) mass is 318 g/mol. The van der Waals surface area contributed by atoms with Gasteiger partial charge in [0.15, 0.2) is 5.13 Å². The van der Waals surface area contributed by atoms with Crippen LogP contribution in [0.3, 0.4) is 0 Å². The Morgan fingerprint density at radius 1 is 1.55 bits per heavy atom. The van der Waals surface area contributed by atoms with Crippen LogP contribution in [0, 0.1) is 6.92 Å². The first-order valence-corrected chi connectivity index (χ1v) is 8.16. The zero-order chi connectivity index (χ0) is 15.4. The Morgan fingerprint density at radius 2 is 2.45 bits per heavy atom. The molecular formula is C16H18N2O3S. The summed E-state index contributed by atoms with van der Waals surface area (Å²) < 4.78 is 11.2. The van der Waals surface area contributed by atoms with E-state index in [9.17, 15) is 4.79 Å². The van der Waals surface area contributed by atoms with Gasteiger partial charge in [0.05, 0.1) is 11.8 Å². The van der Waals surface area contributed by atoms with Gasteiger partial charge in [-0.15, -0.1) is 11.3 Å². The van der Waals surface area contributed by atoms with Gasteiger partial charge in [0.2, 0.25) is 0 Å². The summed E-state index contributed by atoms with van der Waals surface area (Å²) in [5, 5.41) is 5.30. The van der Waals surface area contributed by atoms with Crippen LogP contribution >= 0.6 is 11.3 Å². The molecule has 0 radical (unpaired) electrons. The zero-order valence-corrected chi connectivity index (χ0v) is 13.2. The molecule has 5 nitrogen and oxygen atoms in total. The highest BCUT2D eigenvalue weighted by Gasteiger charge is 2.16. The quantitative estimate of drug-likeness (QED) is 0.919. The van der Waals surface area contributed by atoms with Gasteiger partial charge in [0.1, 0.15) is 12.4 Å². The molecule has 1 aliphatic rings. The highest BCUT2D eigenvalue weighted by molar-refractivity contribution is 7.13. The van der Waals surface area contributed by atoms with Crippen LogP contribution in [0.4, 0.5) is 5.13 Å². The molecule has 1 saturated heterocycles. The number of aromatic nitrogens is 1. The van der Waals surface area contributed by atoms with E-state index < -0.39 is 0 Å². The van der Waals surface area contributed by atoms with E-state index in [1.54, 1.807) is 12.1 Å². The summed E-state index contributed by atoms with van der Waals surface area (Å²) in [6.07, 6.45) is 2.28. The summed E-state index contributed by atoms with van der Waals surface area (Å²) in [5.74, 6) is 0.496. The number of hydrogen-bond acceptors (Lipinski definition) is 5. The lowest BCUT2D eigenvalue weighted by Gasteiger charge is -2.12. The number of nitrogens with zero attached hydrogens (tertiary/aromatic N) is 1. The Kier molecular flexibility index (Phi) is 4.70. The van der Waals surface area contributed by atoms with Crippen molar-refractivity contribution in [2.45, 2.75) is 25.9 Å². The molecule has 0 spiro atoms. The van der Waals surface area contributed by atoms with Crippen LogP contribution in [0.1, 0.15) is 28.9 Å². The average Bonchev–Trinajstić information content (AvgIpc) is 3.17. The first-order valence-electron chi connectivity index (χ1n) is 7.28. The molecule has 1 aliphatic heterocycles. The number of anilines is 1. The van der Waals surface area contributed by atoms with Gasteiger partial charge in [-0.2, -0.15) is 0 Å². The van der Waals surface area contributed by atoms with Gasteiger partial charge >= 0.3 is 0 Å². The molecule has 1 aromatic heterocycles. The Bertz CT molecular complexity index is 650. The minimum atomic E-state index is -0.183. The molecule has 0 bridgehead atoms. The van der Waals surface area contributed by atoms with E-state index in [1.807, 2.05) is 24.4 Å². The third-order valence-corrected chi connectivity index (χ3v) is 4.27. The average molecular weight is 318 g/mol. The van der Waals surface area contributed by atoms with Crippen LogP contribution in [0.2, 0.25) is 0 Å². The fourth-order valence-electron chi connectivity index (χ4n) is 2.27. The number of carbonyl (C=O) groups is 1. The summed E-state index contributed by atoms with van der Waals surface area (Å²) >= 11 is 1.41. The maximum absolute atomic E-state index is 12.2. The molecule has 1 amide bonds. The topological polar surface area (TPSA) is 60.5 Å². The number of amides is 1. The smallest absolute Gasteiger partial charge is 0.257 e. The molecule has 2 aromatic rings. The fraction of sp³-hybridized carbons (Fsp3) is 0.375. The summed E-state index contributed by atoms with van der Waals surface area (Å²) in [6.45, 7) is 3.23. The Labute approximate surface area is 133 Å². The van der Waals surface area contributed by atoms with Crippen molar-refractivity contribution in [1.29, 1.82) is 0 Å². The van der Waals surface area contributed by atoms with E-state index in [1.165, 1.54) is 11.3 Å². The maximum atomic E-state index is 12.2. The summed E-state index contributed by atoms with van der Waals surface area (Å²) in [5.41, 5.74) is 1.45. The highest BCUT2D eigenvalue weighted by Crippen LogP contribution is 2.19. The molecule has 2 heterocycles. The van der Waals surface area contributed by atoms with Crippen LogP contribution in [0.25, 0.3) is 0 Å². The summed E-state index contributed by atoms with van der Waals surface area (Å²) in [6, 6.07) is 7.16. The van der Waals surface area contributed by atoms with Crippen LogP contribution in [0.5, 0.6) is 5.75 Å². The van der Waals surface area contributed by atoms with Crippen molar-refractivity contribution in [3.8, 4) is 5.75 Å². The van der Waals surface area contributed by atoms with Gasteiger partial charge in [-0.25, -0.2) is 4.98 Å². The van der Waals surface area contributed by atoms with Crippen LogP contribution in [-0.4, -0.2) is 30.2 Å². The van der Waals surface area contributed by atoms with Crippen molar-refractivity contribution in [3.63, 3.8) is 0 Å². The third-order valence-electron chi connectivity index (χ3n) is 3.40. The molecule has 0 unspecified atom stereocenters. The van der Waals surface area contributed by atoms with Crippen molar-refractivity contribution < 1.29 is 14.3 Å². The van der Waals surface area contributed by atoms with Gasteiger partial charge in [-0.05, 0) is 38.0 Å². The minimum absolute atomic E-state index is 0.163.